The van der Waals surface area contributed by atoms with Gasteiger partial charge in [-0.2, -0.15) is 4.98 Å². The molecule has 0 radical (unpaired) electrons. The lowest BCUT2D eigenvalue weighted by Crippen LogP contribution is -2.60. The number of pyridine rings is 2. The monoisotopic (exact) mass is 1190 g/mol. The molecule has 3 N–H and O–H groups in total. The molecular formula is C64H77N11O10S. The molecule has 21 nitrogen and oxygen atoms in total. The van der Waals surface area contributed by atoms with Crippen LogP contribution < -0.4 is 34.2 Å². The number of hydrogen-bond acceptors (Lipinski definition) is 18. The van der Waals surface area contributed by atoms with Gasteiger partial charge in [0.25, 0.3) is 21.6 Å². The molecule has 1 spiro atoms. The van der Waals surface area contributed by atoms with Crippen LogP contribution in [0.5, 0.6) is 11.6 Å². The molecule has 8 aliphatic rings. The first kappa shape index (κ1) is 56.7. The number of anilines is 5. The van der Waals surface area contributed by atoms with Crippen LogP contribution in [0.1, 0.15) is 102 Å². The van der Waals surface area contributed by atoms with Crippen LogP contribution in [0.3, 0.4) is 0 Å². The van der Waals surface area contributed by atoms with E-state index < -0.39 is 37.5 Å². The zero-order valence-corrected chi connectivity index (χ0v) is 49.9. The maximum absolute atomic E-state index is 14.9. The number of fused-ring (bicyclic) bond motifs is 4. The summed E-state index contributed by atoms with van der Waals surface area (Å²) in [6.07, 6.45) is 13.2. The van der Waals surface area contributed by atoms with Gasteiger partial charge in [-0.25, -0.2) is 18.1 Å². The topological polar surface area (TPSA) is 222 Å². The van der Waals surface area contributed by atoms with Crippen molar-refractivity contribution < 1.29 is 41.8 Å². The van der Waals surface area contributed by atoms with Gasteiger partial charge in [0, 0.05) is 125 Å². The van der Waals surface area contributed by atoms with Crippen LogP contribution in [-0.4, -0.2) is 161 Å². The highest BCUT2D eigenvalue weighted by Gasteiger charge is 2.51. The lowest BCUT2D eigenvalue weighted by molar-refractivity contribution is -0.384. The van der Waals surface area contributed by atoms with Crippen LogP contribution in [0.2, 0.25) is 0 Å². The number of sulfonamides is 1. The molecular weight excluding hydrogens is 1110 g/mol. The number of hydrogen-bond donors (Lipinski definition) is 3. The number of H-pyrrole nitrogens is 1. The Morgan fingerprint density at radius 1 is 0.860 bits per heavy atom. The van der Waals surface area contributed by atoms with Crippen molar-refractivity contribution in [1.82, 2.24) is 29.5 Å². The molecule has 14 rings (SSSR count). The first-order valence-electron chi connectivity index (χ1n) is 30.9. The highest BCUT2D eigenvalue weighted by molar-refractivity contribution is 7.90. The van der Waals surface area contributed by atoms with Crippen LogP contribution in [0.4, 0.5) is 34.3 Å². The van der Waals surface area contributed by atoms with E-state index in [1.807, 2.05) is 30.5 Å². The van der Waals surface area contributed by atoms with Gasteiger partial charge in [0.1, 0.15) is 23.1 Å². The van der Waals surface area contributed by atoms with Gasteiger partial charge in [0.2, 0.25) is 5.88 Å². The van der Waals surface area contributed by atoms with Crippen molar-refractivity contribution in [2.45, 2.75) is 106 Å². The summed E-state index contributed by atoms with van der Waals surface area (Å²) >= 11 is 0. The van der Waals surface area contributed by atoms with Crippen LogP contribution in [0.15, 0.2) is 90.1 Å². The average molecular weight is 1190 g/mol. The average Bonchev–Trinajstić information content (AvgIpc) is 1.35. The molecule has 0 bridgehead atoms. The zero-order valence-electron chi connectivity index (χ0n) is 49.1. The number of piperidine rings is 1. The molecule has 454 valence electrons. The third-order valence-corrected chi connectivity index (χ3v) is 21.4. The number of nitrogens with zero attached hydrogens (tertiary/aromatic N) is 8. The molecule has 6 aliphatic heterocycles. The summed E-state index contributed by atoms with van der Waals surface area (Å²) in [5, 5.41) is 16.4. The molecule has 3 aromatic carbocycles. The van der Waals surface area contributed by atoms with E-state index in [2.05, 4.69) is 76.9 Å². The number of carbonyl (C=O) groups is 1. The molecule has 0 unspecified atom stereocenters. The number of morpholine rings is 1. The molecule has 9 heterocycles. The summed E-state index contributed by atoms with van der Waals surface area (Å²) in [4.78, 5) is 51.8. The first-order valence-corrected chi connectivity index (χ1v) is 32.4. The van der Waals surface area contributed by atoms with E-state index in [-0.39, 0.29) is 40.7 Å². The molecule has 1 amide bonds. The van der Waals surface area contributed by atoms with Crippen molar-refractivity contribution in [3.05, 3.63) is 123 Å². The van der Waals surface area contributed by atoms with Gasteiger partial charge in [0.15, 0.2) is 11.6 Å². The van der Waals surface area contributed by atoms with Gasteiger partial charge in [-0.05, 0) is 142 Å². The van der Waals surface area contributed by atoms with Crippen LogP contribution in [-0.2, 0) is 30.7 Å². The van der Waals surface area contributed by atoms with Crippen molar-refractivity contribution in [1.29, 1.82) is 0 Å². The number of amides is 1. The summed E-state index contributed by atoms with van der Waals surface area (Å²) < 4.78 is 60.8. The summed E-state index contributed by atoms with van der Waals surface area (Å²) in [5.41, 5.74) is 8.19. The predicted octanol–water partition coefficient (Wildman–Crippen LogP) is 8.85. The fourth-order valence-electron chi connectivity index (χ4n) is 15.4. The molecule has 6 aromatic rings. The number of rotatable bonds is 14. The maximum Gasteiger partial charge on any atom is 0.293 e. The second kappa shape index (κ2) is 23.5. The number of ether oxygens (including phenoxy) is 5. The van der Waals surface area contributed by atoms with Crippen LogP contribution in [0.25, 0.3) is 11.0 Å². The van der Waals surface area contributed by atoms with Gasteiger partial charge in [-0.15, -0.1) is 0 Å². The summed E-state index contributed by atoms with van der Waals surface area (Å²) in [7, 11) is -2.83. The lowest BCUT2D eigenvalue weighted by atomic mass is 9.59. The Balaban J connectivity index is 0.713. The summed E-state index contributed by atoms with van der Waals surface area (Å²) in [6, 6.07) is 22.9. The van der Waals surface area contributed by atoms with Crippen molar-refractivity contribution in [2.24, 2.45) is 11.3 Å². The van der Waals surface area contributed by atoms with Crippen molar-refractivity contribution in [3.63, 3.8) is 0 Å². The smallest absolute Gasteiger partial charge is 0.293 e. The van der Waals surface area contributed by atoms with Gasteiger partial charge < -0.3 is 48.7 Å². The zero-order chi connectivity index (χ0) is 58.7. The molecule has 6 fully saturated rings. The van der Waals surface area contributed by atoms with Crippen LogP contribution >= 0.6 is 0 Å². The van der Waals surface area contributed by atoms with Gasteiger partial charge in [-0.3, -0.25) is 24.7 Å². The molecule has 86 heavy (non-hydrogen) atoms. The number of carbonyl (C=O) groups excluding carboxylic acids is 1. The van der Waals surface area contributed by atoms with Crippen molar-refractivity contribution in [3.8, 4) is 11.6 Å². The minimum absolute atomic E-state index is 0.120. The summed E-state index contributed by atoms with van der Waals surface area (Å²) in [6.45, 7) is 12.3. The molecule has 4 atom stereocenters. The third-order valence-electron chi connectivity index (χ3n) is 20.1. The van der Waals surface area contributed by atoms with Crippen LogP contribution in [0, 0.1) is 28.4 Å². The highest BCUT2D eigenvalue weighted by atomic mass is 32.2. The third kappa shape index (κ3) is 10.8. The minimum atomic E-state index is -4.62. The number of nitrogens with one attached hydrogen (secondary N) is 3. The number of aromatic nitrogens is 3. The SMILES string of the molecule is COc1c(N2CCOCC2)ncc2c1CCC[C@@H]2N1CCN(C2CC3(CCN(c4ccc(C(=O)NS(=O)(=O)c5ccc(NCC6CCOCC6)c([N+](=O)[O-])c5)c(N5c6cc7cc[nH]c7nc6O[C@H]6COCC[C@@H]65)c4)CC3)C2)[C@H](c2ccccc2C)C1. The Labute approximate surface area is 501 Å². The van der Waals surface area contributed by atoms with E-state index in [1.54, 1.807) is 13.2 Å². The maximum atomic E-state index is 14.9. The van der Waals surface area contributed by atoms with Gasteiger partial charge >= 0.3 is 0 Å². The fraction of sp³-hybridized carbons (Fsp3) is 0.516. The number of nitro benzene ring substituents is 1. The standard InChI is InChI=1S/C64H77N11O10S/c1-41-6-3-4-7-47(41)57-39-72(52-9-5-8-48-50(52)38-67-61(59(48)81-2)71-25-30-83-31-26-71)23-24-73(57)45-35-64(36-45)18-21-70(22-19-64)44-10-12-49(54(33-44)74-53-17-29-84-40-58(53)85-63-56(74)32-43-14-20-65-60(43)68-63)62(76)69-86(79,80)46-11-13-51(55(34-46)75(77)78)66-37-42-15-27-82-28-16-42/h3-4,6-7,10-14,20,32-34,38,42,45,52-53,57-58,66H,5,8-9,15-19,21-31,35-37,39-40H2,1-2H3,(H,65,68)(H,69,76)/t52-,53-,57-,58-/m0/s1. The second-order valence-electron chi connectivity index (χ2n) is 24.9. The Bertz CT molecular complexity index is 3630. The van der Waals surface area contributed by atoms with E-state index in [9.17, 15) is 23.3 Å². The van der Waals surface area contributed by atoms with Crippen molar-refractivity contribution in [2.75, 3.05) is 119 Å². The predicted molar refractivity (Wildman–Crippen MR) is 327 cm³/mol. The number of methoxy groups -OCH3 is 1. The number of aryl methyl sites for hydroxylation is 1. The summed E-state index contributed by atoms with van der Waals surface area (Å²) in [5.74, 6) is 1.63. The Morgan fingerprint density at radius 3 is 2.47 bits per heavy atom. The second-order valence-corrected chi connectivity index (χ2v) is 26.6. The fourth-order valence-corrected chi connectivity index (χ4v) is 16.4. The molecule has 1 saturated carbocycles. The minimum Gasteiger partial charge on any atom is -0.493 e. The van der Waals surface area contributed by atoms with Gasteiger partial charge in [0.05, 0.1) is 54.0 Å². The molecule has 2 aliphatic carbocycles. The van der Waals surface area contributed by atoms with Gasteiger partial charge in [-0.1, -0.05) is 24.3 Å². The Hall–Kier alpha value is -7.08. The largest absolute Gasteiger partial charge is 0.493 e. The molecule has 5 saturated heterocycles. The number of nitro groups is 1. The van der Waals surface area contributed by atoms with E-state index >= 15 is 0 Å². The first-order chi connectivity index (χ1) is 41.9. The molecule has 22 heteroatoms. The normalized spacial score (nSPS) is 23.9. The van der Waals surface area contributed by atoms with E-state index in [4.69, 9.17) is 33.7 Å². The van der Waals surface area contributed by atoms with E-state index in [0.29, 0.717) is 81.6 Å². The number of aromatic amines is 1. The van der Waals surface area contributed by atoms with E-state index in [1.165, 1.54) is 34.4 Å². The lowest BCUT2D eigenvalue weighted by Gasteiger charge is -2.59. The highest BCUT2D eigenvalue weighted by Crippen LogP contribution is 2.55. The Morgan fingerprint density at radius 2 is 1.66 bits per heavy atom. The number of benzene rings is 3. The quantitative estimate of drug-likeness (QED) is 0.0684. The van der Waals surface area contributed by atoms with Crippen molar-refractivity contribution >= 4 is 61.2 Å². The Kier molecular flexibility index (Phi) is 15.5. The van der Waals surface area contributed by atoms with E-state index in [0.717, 1.165) is 132 Å². The number of piperazine rings is 1. The molecule has 3 aromatic heterocycles.